The second-order valence-corrected chi connectivity index (χ2v) is 5.10. The van der Waals surface area contributed by atoms with E-state index in [-0.39, 0.29) is 16.7 Å². The van der Waals surface area contributed by atoms with Gasteiger partial charge in [0.1, 0.15) is 5.69 Å². The van der Waals surface area contributed by atoms with E-state index in [1.54, 1.807) is 0 Å². The van der Waals surface area contributed by atoms with Gasteiger partial charge in [0.2, 0.25) is 0 Å². The number of aromatic amines is 1. The number of nitrogens with one attached hydrogen (secondary N) is 2. The van der Waals surface area contributed by atoms with Crippen LogP contribution in [-0.4, -0.2) is 16.5 Å². The molecule has 19 heavy (non-hydrogen) atoms. The van der Waals surface area contributed by atoms with Gasteiger partial charge in [0, 0.05) is 12.0 Å². The van der Waals surface area contributed by atoms with E-state index in [0.717, 1.165) is 0 Å². The van der Waals surface area contributed by atoms with Crippen LogP contribution in [0.3, 0.4) is 0 Å². The third-order valence-electron chi connectivity index (χ3n) is 3.14. The minimum absolute atomic E-state index is 0.0853. The number of hydrogen-bond donors (Lipinski definition) is 3. The molecule has 0 aliphatic heterocycles. The highest BCUT2D eigenvalue weighted by Crippen LogP contribution is 2.23. The van der Waals surface area contributed by atoms with Crippen LogP contribution in [0.5, 0.6) is 0 Å². The zero-order valence-electron chi connectivity index (χ0n) is 11.1. The summed E-state index contributed by atoms with van der Waals surface area (Å²) in [6.07, 6.45) is 1.34. The quantitative estimate of drug-likeness (QED) is 0.780. The fraction of sp³-hybridized carbons (Fsp3) is 0.286. The molecule has 2 rings (SSSR count). The monoisotopic (exact) mass is 258 g/mol. The molecule has 0 aliphatic carbocycles. The number of aromatic nitrogens is 2. The molecule has 0 atom stereocenters. The second kappa shape index (κ2) is 5.14. The molecule has 0 aliphatic rings. The number of benzene rings is 1. The van der Waals surface area contributed by atoms with Crippen molar-refractivity contribution in [3.05, 3.63) is 52.6 Å². The fourth-order valence-electron chi connectivity index (χ4n) is 1.85. The Balaban J connectivity index is 2.14. The molecule has 0 spiro atoms. The van der Waals surface area contributed by atoms with Gasteiger partial charge in [-0.3, -0.25) is 4.79 Å². The van der Waals surface area contributed by atoms with Crippen LogP contribution >= 0.6 is 0 Å². The maximum absolute atomic E-state index is 11.4. The van der Waals surface area contributed by atoms with Gasteiger partial charge in [0.05, 0.1) is 6.33 Å². The Morgan fingerprint density at radius 3 is 2.68 bits per heavy atom. The van der Waals surface area contributed by atoms with Gasteiger partial charge in [-0.2, -0.15) is 0 Å². The van der Waals surface area contributed by atoms with Crippen LogP contribution in [0.15, 0.2) is 41.5 Å². The summed E-state index contributed by atoms with van der Waals surface area (Å²) in [5, 5.41) is 3.14. The summed E-state index contributed by atoms with van der Waals surface area (Å²) < 4.78 is 0. The molecule has 0 fully saturated rings. The van der Waals surface area contributed by atoms with Crippen LogP contribution in [0.1, 0.15) is 19.4 Å². The Hall–Kier alpha value is -2.30. The van der Waals surface area contributed by atoms with Crippen molar-refractivity contribution >= 4 is 11.5 Å². The minimum Gasteiger partial charge on any atom is -0.391 e. The number of rotatable bonds is 4. The van der Waals surface area contributed by atoms with Crippen molar-refractivity contribution < 1.29 is 0 Å². The minimum atomic E-state index is -0.324. The predicted octanol–water partition coefficient (Wildman–Crippen LogP) is 1.74. The molecule has 1 heterocycles. The summed E-state index contributed by atoms with van der Waals surface area (Å²) in [6.45, 7) is 4.88. The van der Waals surface area contributed by atoms with Crippen molar-refractivity contribution in [1.29, 1.82) is 0 Å². The van der Waals surface area contributed by atoms with Crippen molar-refractivity contribution in [1.82, 2.24) is 9.97 Å². The Labute approximate surface area is 111 Å². The van der Waals surface area contributed by atoms with Crippen LogP contribution < -0.4 is 16.6 Å². The molecule has 0 saturated carbocycles. The normalized spacial score (nSPS) is 11.3. The third kappa shape index (κ3) is 2.93. The lowest BCUT2D eigenvalue weighted by atomic mass is 9.84. The summed E-state index contributed by atoms with van der Waals surface area (Å²) in [5.41, 5.74) is 6.60. The first-order chi connectivity index (χ1) is 9.00. The zero-order chi connectivity index (χ0) is 13.9. The summed E-state index contributed by atoms with van der Waals surface area (Å²) in [4.78, 5) is 17.9. The van der Waals surface area contributed by atoms with Gasteiger partial charge in [-0.15, -0.1) is 0 Å². The second-order valence-electron chi connectivity index (χ2n) is 5.10. The molecule has 100 valence electrons. The average molecular weight is 258 g/mol. The third-order valence-corrected chi connectivity index (χ3v) is 3.14. The van der Waals surface area contributed by atoms with Crippen LogP contribution in [0.4, 0.5) is 11.5 Å². The lowest BCUT2D eigenvalue weighted by molar-refractivity contribution is 0.556. The van der Waals surface area contributed by atoms with E-state index < -0.39 is 0 Å². The Morgan fingerprint density at radius 2 is 2.00 bits per heavy atom. The lowest BCUT2D eigenvalue weighted by Crippen LogP contribution is -2.29. The number of nitrogen functional groups attached to an aromatic ring is 1. The standard InChI is InChI=1S/C14H18N4O/c1-14(2,10-6-4-3-5-7-10)8-16-12-11(15)13(19)18-9-17-12/h3-7,9H,8,15H2,1-2H3,(H2,16,17,18,19). The van der Waals surface area contributed by atoms with Gasteiger partial charge in [-0.05, 0) is 5.56 Å². The van der Waals surface area contributed by atoms with Crippen LogP contribution in [0.2, 0.25) is 0 Å². The van der Waals surface area contributed by atoms with Gasteiger partial charge >= 0.3 is 0 Å². The molecule has 0 radical (unpaired) electrons. The predicted molar refractivity (Wildman–Crippen MR) is 77.2 cm³/mol. The van der Waals surface area contributed by atoms with Crippen molar-refractivity contribution in [2.75, 3.05) is 17.6 Å². The first-order valence-electron chi connectivity index (χ1n) is 6.13. The lowest BCUT2D eigenvalue weighted by Gasteiger charge is -2.26. The molecule has 2 aromatic rings. The highest BCUT2D eigenvalue weighted by Gasteiger charge is 2.20. The van der Waals surface area contributed by atoms with Gasteiger partial charge in [0.25, 0.3) is 5.56 Å². The van der Waals surface area contributed by atoms with Crippen molar-refractivity contribution in [2.24, 2.45) is 0 Å². The van der Waals surface area contributed by atoms with E-state index in [0.29, 0.717) is 12.4 Å². The summed E-state index contributed by atoms with van der Waals surface area (Å²) in [5.74, 6) is 0.424. The van der Waals surface area contributed by atoms with E-state index in [1.807, 2.05) is 18.2 Å². The summed E-state index contributed by atoms with van der Waals surface area (Å²) in [7, 11) is 0. The van der Waals surface area contributed by atoms with E-state index in [4.69, 9.17) is 5.73 Å². The van der Waals surface area contributed by atoms with Gasteiger partial charge < -0.3 is 16.0 Å². The maximum Gasteiger partial charge on any atom is 0.276 e. The van der Waals surface area contributed by atoms with Gasteiger partial charge in [-0.1, -0.05) is 44.2 Å². The number of nitrogens with zero attached hydrogens (tertiary/aromatic N) is 1. The average Bonchev–Trinajstić information content (AvgIpc) is 2.41. The Morgan fingerprint density at radius 1 is 1.32 bits per heavy atom. The highest BCUT2D eigenvalue weighted by molar-refractivity contribution is 5.59. The smallest absolute Gasteiger partial charge is 0.276 e. The van der Waals surface area contributed by atoms with Crippen molar-refractivity contribution in [3.63, 3.8) is 0 Å². The number of anilines is 2. The molecule has 0 amide bonds. The van der Waals surface area contributed by atoms with Crippen LogP contribution in [0.25, 0.3) is 0 Å². The molecule has 1 aromatic heterocycles. The molecule has 0 unspecified atom stereocenters. The first-order valence-corrected chi connectivity index (χ1v) is 6.13. The van der Waals surface area contributed by atoms with Gasteiger partial charge in [0.15, 0.2) is 5.82 Å². The molecule has 4 N–H and O–H groups in total. The van der Waals surface area contributed by atoms with E-state index in [2.05, 4.69) is 41.3 Å². The molecule has 0 bridgehead atoms. The molecule has 5 nitrogen and oxygen atoms in total. The highest BCUT2D eigenvalue weighted by atomic mass is 16.1. The van der Waals surface area contributed by atoms with Crippen molar-refractivity contribution in [3.8, 4) is 0 Å². The van der Waals surface area contributed by atoms with E-state index in [1.165, 1.54) is 11.9 Å². The number of nitrogens with two attached hydrogens (primary N) is 1. The summed E-state index contributed by atoms with van der Waals surface area (Å²) >= 11 is 0. The zero-order valence-corrected chi connectivity index (χ0v) is 11.1. The fourth-order valence-corrected chi connectivity index (χ4v) is 1.85. The largest absolute Gasteiger partial charge is 0.391 e. The Bertz CT molecular complexity index is 604. The molecular weight excluding hydrogens is 240 g/mol. The SMILES string of the molecule is CC(C)(CNc1nc[nH]c(=O)c1N)c1ccccc1. The Kier molecular flexibility index (Phi) is 3.55. The number of H-pyrrole nitrogens is 1. The van der Waals surface area contributed by atoms with Gasteiger partial charge in [-0.25, -0.2) is 4.98 Å². The first kappa shape index (κ1) is 13.1. The molecule has 5 heteroatoms. The van der Waals surface area contributed by atoms with Crippen molar-refractivity contribution in [2.45, 2.75) is 19.3 Å². The maximum atomic E-state index is 11.4. The molecule has 1 aromatic carbocycles. The molecule has 0 saturated heterocycles. The van der Waals surface area contributed by atoms with E-state index >= 15 is 0 Å². The number of hydrogen-bond acceptors (Lipinski definition) is 4. The van der Waals surface area contributed by atoms with Crippen LogP contribution in [-0.2, 0) is 5.41 Å². The summed E-state index contributed by atoms with van der Waals surface area (Å²) in [6, 6.07) is 10.2. The van der Waals surface area contributed by atoms with Crippen LogP contribution in [0, 0.1) is 0 Å². The topological polar surface area (TPSA) is 83.8 Å². The van der Waals surface area contributed by atoms with E-state index in [9.17, 15) is 4.79 Å². The molecular formula is C14H18N4O.